The molecule has 0 atom stereocenters. The molecule has 8 bridgehead atoms. The van der Waals surface area contributed by atoms with E-state index in [4.69, 9.17) is 9.97 Å². The SMILES string of the molecule is C=CC1=C(C)c2cc3[nH]c(cc4nc(cc5[nH]c(cc1n2)c(C)c5C(=O)CCNc1cc(C(=O)N(CC(=O)O)CC(=O)O)cc(C(=O)N(CC(=O)O)CC(=O)O)c1)C(C(=O)CCNc1cc(C(=O)N(CC(=O)O)CC(=O)O)cc(C(=O)N(CC(=O)O)CC(=O)O)c1)=C4C)c(C)c3C=C. The molecule has 2 aliphatic rings. The summed E-state index contributed by atoms with van der Waals surface area (Å²) in [6, 6.07) is 12.8. The van der Waals surface area contributed by atoms with Gasteiger partial charge in [0.1, 0.15) is 52.4 Å². The fraction of sp³-hybridized carbons (Fsp3) is 0.242. The van der Waals surface area contributed by atoms with Crippen molar-refractivity contribution in [2.24, 2.45) is 0 Å². The van der Waals surface area contributed by atoms with Crippen LogP contribution in [0, 0.1) is 13.8 Å². The molecule has 32 nitrogen and oxygen atoms in total. The first-order chi connectivity index (χ1) is 46.2. The zero-order valence-corrected chi connectivity index (χ0v) is 52.8. The Kier molecular flexibility index (Phi) is 22.9. The molecule has 0 saturated heterocycles. The highest BCUT2D eigenvalue weighted by molar-refractivity contribution is 6.28. The number of aryl methyl sites for hydroxylation is 2. The van der Waals surface area contributed by atoms with Crippen LogP contribution in [-0.4, -0.2) is 229 Å². The first kappa shape index (κ1) is 72.5. The van der Waals surface area contributed by atoms with Gasteiger partial charge in [0, 0.05) is 98.4 Å². The number of benzene rings is 2. The molecule has 0 fully saturated rings. The van der Waals surface area contributed by atoms with Crippen LogP contribution in [0.1, 0.15) is 118 Å². The zero-order chi connectivity index (χ0) is 72.3. The fourth-order valence-corrected chi connectivity index (χ4v) is 10.9. The number of carboxylic acids is 8. The molecule has 0 aliphatic carbocycles. The summed E-state index contributed by atoms with van der Waals surface area (Å²) in [5.41, 5.74) is 4.24. The van der Waals surface area contributed by atoms with Crippen LogP contribution < -0.4 is 10.6 Å². The number of H-pyrrole nitrogens is 2. The molecule has 2 aliphatic heterocycles. The van der Waals surface area contributed by atoms with Crippen LogP contribution in [0.4, 0.5) is 11.4 Å². The van der Waals surface area contributed by atoms with Crippen molar-refractivity contribution < 1.29 is 108 Å². The summed E-state index contributed by atoms with van der Waals surface area (Å²) < 4.78 is 0. The van der Waals surface area contributed by atoms with Crippen LogP contribution in [0.15, 0.2) is 79.9 Å². The van der Waals surface area contributed by atoms with Gasteiger partial charge in [0.2, 0.25) is 0 Å². The molecule has 0 radical (unpaired) electrons. The number of anilines is 2. The van der Waals surface area contributed by atoms with E-state index in [0.717, 1.165) is 47.5 Å². The molecule has 0 unspecified atom stereocenters. The zero-order valence-electron chi connectivity index (χ0n) is 52.8. The number of amides is 4. The molecule has 0 spiro atoms. The predicted octanol–water partition coefficient (Wildman–Crippen LogP) is 4.82. The molecular formula is C66H64N10O22. The van der Waals surface area contributed by atoms with Crippen LogP contribution in [0.5, 0.6) is 0 Å². The Balaban J connectivity index is 1.35. The first-order valence-corrected chi connectivity index (χ1v) is 29.4. The second kappa shape index (κ2) is 30.9. The Morgan fingerprint density at radius 1 is 0.398 bits per heavy atom. The summed E-state index contributed by atoms with van der Waals surface area (Å²) in [5.74, 6) is -18.9. The van der Waals surface area contributed by atoms with Crippen LogP contribution in [0.2, 0.25) is 0 Å². The van der Waals surface area contributed by atoms with Crippen molar-refractivity contribution in [3.05, 3.63) is 147 Å². The number of hydrogen-bond acceptors (Lipinski definition) is 18. The van der Waals surface area contributed by atoms with Crippen LogP contribution >= 0.6 is 0 Å². The minimum Gasteiger partial charge on any atom is -0.480 e. The average molecular weight is 1350 g/mol. The van der Waals surface area contributed by atoms with Crippen molar-refractivity contribution in [3.8, 4) is 0 Å². The normalized spacial score (nSPS) is 11.6. The molecule has 4 amide bonds. The van der Waals surface area contributed by atoms with E-state index in [2.05, 4.69) is 33.8 Å². The Labute approximate surface area is 554 Å². The Hall–Kier alpha value is -12.9. The molecule has 510 valence electrons. The van der Waals surface area contributed by atoms with E-state index in [1.807, 2.05) is 19.9 Å². The lowest BCUT2D eigenvalue weighted by atomic mass is 9.98. The maximum absolute atomic E-state index is 15.0. The lowest BCUT2D eigenvalue weighted by molar-refractivity contribution is -0.142. The third-order valence-corrected chi connectivity index (χ3v) is 15.3. The summed E-state index contributed by atoms with van der Waals surface area (Å²) in [4.78, 5) is 198. The van der Waals surface area contributed by atoms with Gasteiger partial charge in [-0.05, 0) is 111 Å². The summed E-state index contributed by atoms with van der Waals surface area (Å²) in [7, 11) is 0. The van der Waals surface area contributed by atoms with Crippen molar-refractivity contribution in [1.29, 1.82) is 0 Å². The second-order valence-electron chi connectivity index (χ2n) is 22.3. The number of nitrogens with zero attached hydrogens (tertiary/aromatic N) is 6. The molecule has 3 aromatic heterocycles. The molecule has 5 heterocycles. The lowest BCUT2D eigenvalue weighted by Crippen LogP contribution is -2.40. The van der Waals surface area contributed by atoms with E-state index in [1.165, 1.54) is 6.07 Å². The van der Waals surface area contributed by atoms with Crippen molar-refractivity contribution in [2.45, 2.75) is 40.5 Å². The van der Waals surface area contributed by atoms with E-state index in [9.17, 15) is 108 Å². The first-order valence-electron chi connectivity index (χ1n) is 29.4. The quantitative estimate of drug-likeness (QED) is 0.0257. The van der Waals surface area contributed by atoms with Crippen molar-refractivity contribution >= 4 is 145 Å². The van der Waals surface area contributed by atoms with E-state index < -0.39 is 170 Å². The number of rotatable bonds is 32. The number of nitrogens with one attached hydrogen (secondary N) is 4. The lowest BCUT2D eigenvalue weighted by Gasteiger charge is -2.22. The summed E-state index contributed by atoms with van der Waals surface area (Å²) in [6.45, 7) is 5.43. The summed E-state index contributed by atoms with van der Waals surface area (Å²) in [5, 5.41) is 82.2. The van der Waals surface area contributed by atoms with Gasteiger partial charge in [-0.15, -0.1) is 0 Å². The second-order valence-corrected chi connectivity index (χ2v) is 22.3. The van der Waals surface area contributed by atoms with Gasteiger partial charge in [0.25, 0.3) is 23.6 Å². The average Bonchev–Trinajstić information content (AvgIpc) is 1.59. The van der Waals surface area contributed by atoms with Crippen LogP contribution in [0.3, 0.4) is 0 Å². The molecule has 2 aromatic carbocycles. The highest BCUT2D eigenvalue weighted by Gasteiger charge is 2.31. The number of allylic oxidation sites excluding steroid dienone is 5. The van der Waals surface area contributed by atoms with Gasteiger partial charge in [0.05, 0.1) is 28.3 Å². The maximum atomic E-state index is 15.0. The van der Waals surface area contributed by atoms with Crippen molar-refractivity contribution in [1.82, 2.24) is 39.5 Å². The molecule has 0 saturated carbocycles. The predicted molar refractivity (Wildman–Crippen MR) is 349 cm³/mol. The van der Waals surface area contributed by atoms with E-state index in [-0.39, 0.29) is 52.5 Å². The van der Waals surface area contributed by atoms with Gasteiger partial charge in [-0.2, -0.15) is 0 Å². The number of hydrogen-bond donors (Lipinski definition) is 12. The number of carbonyl (C=O) groups is 14. The Morgan fingerprint density at radius 3 is 1.10 bits per heavy atom. The molecule has 32 heteroatoms. The van der Waals surface area contributed by atoms with Gasteiger partial charge in [-0.3, -0.25) is 67.1 Å². The van der Waals surface area contributed by atoms with Gasteiger partial charge in [-0.25, -0.2) is 9.97 Å². The Morgan fingerprint density at radius 2 is 0.724 bits per heavy atom. The van der Waals surface area contributed by atoms with Crippen LogP contribution in [0.25, 0.3) is 50.4 Å². The third kappa shape index (κ3) is 17.5. The number of aromatic amines is 2. The fourth-order valence-electron chi connectivity index (χ4n) is 10.9. The van der Waals surface area contributed by atoms with Crippen molar-refractivity contribution in [3.63, 3.8) is 0 Å². The number of aromatic nitrogens is 4. The Bertz CT molecular complexity index is 4340. The van der Waals surface area contributed by atoms with Crippen LogP contribution in [-0.2, 0) is 43.2 Å². The molecule has 7 rings (SSSR count). The molecular weight excluding hydrogens is 1280 g/mol. The molecule has 12 N–H and O–H groups in total. The highest BCUT2D eigenvalue weighted by Crippen LogP contribution is 2.36. The third-order valence-electron chi connectivity index (χ3n) is 15.3. The monoisotopic (exact) mass is 1350 g/mol. The number of aliphatic carboxylic acids is 8. The van der Waals surface area contributed by atoms with E-state index in [1.54, 1.807) is 38.1 Å². The summed E-state index contributed by atoms with van der Waals surface area (Å²) >= 11 is 0. The highest BCUT2D eigenvalue weighted by atomic mass is 16.4. The minimum atomic E-state index is -1.61. The molecule has 5 aromatic rings. The number of Topliss-reactive ketones (excluding diaryl/α,β-unsaturated/α-hetero) is 2. The number of fused-ring (bicyclic) bond motifs is 8. The van der Waals surface area contributed by atoms with Gasteiger partial charge < -0.3 is 81.1 Å². The maximum Gasteiger partial charge on any atom is 0.323 e. The van der Waals surface area contributed by atoms with Crippen molar-refractivity contribution in [2.75, 3.05) is 76.1 Å². The molecule has 98 heavy (non-hydrogen) atoms. The minimum absolute atomic E-state index is 0.0230. The topological polar surface area (TPSA) is 495 Å². The number of carbonyl (C=O) groups excluding carboxylic acids is 6. The van der Waals surface area contributed by atoms with Gasteiger partial charge in [-0.1, -0.05) is 25.3 Å². The van der Waals surface area contributed by atoms with E-state index in [0.29, 0.717) is 69.8 Å². The standard InChI is InChI=1S/C66H64N10O22/c1-7-41-31(3)43-19-45-33(5)61(51(77)9-11-67-39-15-35(63(95)73(23-53(79)80)24-54(81)82)13-36(16-39)64(96)74(25-55(83)84)26-56(85)86)49(71-45)22-50-62(34(6)46(72-50)21-48-42(8-2)32(4)44(70-48)20-47(41)69-43)52(78)10-12-68-40-17-37(65(97)75(27-57(87)88)28-58(89)90)14-38(18-40)66(98)76(29-59(91)92)30-60(93)94/h7-8,13-22,67-69,72H,1-2,9-12,23-30H2,3-6H3,(H,79,80)(H,81,82)(H,83,84)(H,85,86)(H,87,88)(H,89,90)(H,91,92)(H,93,94). The van der Waals surface area contributed by atoms with Gasteiger partial charge in [0.15, 0.2) is 11.6 Å². The largest absolute Gasteiger partial charge is 0.480 e. The smallest absolute Gasteiger partial charge is 0.323 e. The van der Waals surface area contributed by atoms with Gasteiger partial charge >= 0.3 is 47.8 Å². The number of carboxylic acid groups (broad SMARTS) is 8. The summed E-state index contributed by atoms with van der Waals surface area (Å²) in [6.07, 6.45) is 2.45. The van der Waals surface area contributed by atoms with E-state index >= 15 is 0 Å². The number of ketones is 2.